The number of nitrogens with zero attached hydrogens (tertiary/aromatic N) is 2. The molecule has 0 saturated heterocycles. The van der Waals surface area contributed by atoms with Gasteiger partial charge in [0, 0.05) is 31.2 Å². The van der Waals surface area contributed by atoms with Crippen LogP contribution in [0.4, 0.5) is 0 Å². The first kappa shape index (κ1) is 24.7. The number of fused-ring (bicyclic) bond motifs is 1. The lowest BCUT2D eigenvalue weighted by atomic mass is 10.2. The lowest BCUT2D eigenvalue weighted by molar-refractivity contribution is 0.0697. The predicted molar refractivity (Wildman–Crippen MR) is 126 cm³/mol. The Hall–Kier alpha value is -2.40. The predicted octanol–water partition coefficient (Wildman–Crippen LogP) is 1.22. The van der Waals surface area contributed by atoms with E-state index in [2.05, 4.69) is 5.32 Å². The summed E-state index contributed by atoms with van der Waals surface area (Å²) in [6.45, 7) is 0.839. The Kier molecular flexibility index (Phi) is 6.54. The van der Waals surface area contributed by atoms with Crippen LogP contribution in [0, 0.1) is 0 Å². The van der Waals surface area contributed by atoms with Gasteiger partial charge < -0.3 is 25.0 Å². The Morgan fingerprint density at radius 2 is 1.76 bits per heavy atom. The van der Waals surface area contributed by atoms with E-state index >= 15 is 0 Å². The average Bonchev–Trinajstić information content (AvgIpc) is 3.50. The molecule has 1 aromatic carbocycles. The highest BCUT2D eigenvalue weighted by Crippen LogP contribution is 2.49. The molecule has 1 aromatic heterocycles. The second-order valence-corrected chi connectivity index (χ2v) is 12.5. The third kappa shape index (κ3) is 4.13. The Bertz CT molecular complexity index is 1200. The van der Waals surface area contributed by atoms with Crippen molar-refractivity contribution in [3.05, 3.63) is 58.4 Å². The van der Waals surface area contributed by atoms with Gasteiger partial charge >= 0.3 is 0 Å². The number of aliphatic hydroxyl groups excluding tert-OH is 2. The molecule has 1 saturated carbocycles. The summed E-state index contributed by atoms with van der Waals surface area (Å²) in [5.74, 6) is -0.662. The van der Waals surface area contributed by atoms with Gasteiger partial charge in [0.05, 0.1) is 18.0 Å². The lowest BCUT2D eigenvalue weighted by Crippen LogP contribution is -2.54. The van der Waals surface area contributed by atoms with Crippen molar-refractivity contribution < 1.29 is 28.2 Å². The number of benzene rings is 1. The van der Waals surface area contributed by atoms with Gasteiger partial charge in [-0.1, -0.05) is 23.7 Å². The molecule has 1 fully saturated rings. The first-order chi connectivity index (χ1) is 16.1. The summed E-state index contributed by atoms with van der Waals surface area (Å²) in [5, 5.41) is 22.7. The van der Waals surface area contributed by atoms with Gasteiger partial charge in [0.2, 0.25) is 0 Å². The summed E-state index contributed by atoms with van der Waals surface area (Å²) in [6.07, 6.45) is 0.738. The topological polar surface area (TPSA) is 129 Å². The number of hydrogen-bond acceptors (Lipinski definition) is 6. The Morgan fingerprint density at radius 1 is 1.12 bits per heavy atom. The van der Waals surface area contributed by atoms with E-state index in [9.17, 15) is 28.2 Å². The molecule has 2 amide bonds. The van der Waals surface area contributed by atoms with E-state index in [1.165, 1.54) is 11.8 Å². The van der Waals surface area contributed by atoms with Gasteiger partial charge in [-0.2, -0.15) is 0 Å². The molecule has 0 spiro atoms. The average molecular weight is 510 g/mol. The maximum absolute atomic E-state index is 13.2. The highest BCUT2D eigenvalue weighted by Gasteiger charge is 2.62. The molecule has 2 aromatic rings. The smallest absolute Gasteiger partial charge is 0.270 e. The minimum absolute atomic E-state index is 0.00691. The second kappa shape index (κ2) is 8.99. The third-order valence-electron chi connectivity index (χ3n) is 6.85. The van der Waals surface area contributed by atoms with Crippen LogP contribution in [0.2, 0.25) is 5.02 Å². The monoisotopic (exact) mass is 509 g/mol. The molecular weight excluding hydrogens is 482 g/mol. The molecule has 4 rings (SSSR count). The van der Waals surface area contributed by atoms with E-state index in [1.54, 1.807) is 28.8 Å². The maximum atomic E-state index is 13.2. The number of hydrogen-bond donors (Lipinski definition) is 3. The van der Waals surface area contributed by atoms with Gasteiger partial charge in [-0.15, -0.1) is 0 Å². The van der Waals surface area contributed by atoms with E-state index in [1.807, 2.05) is 12.1 Å². The number of nitrogens with one attached hydrogen (secondary N) is 1. The molecule has 2 aliphatic rings. The molecule has 1 aliphatic carbocycles. The van der Waals surface area contributed by atoms with Crippen LogP contribution in [0.15, 0.2) is 36.4 Å². The van der Waals surface area contributed by atoms with Crippen LogP contribution in [0.25, 0.3) is 0 Å². The standard InChI is InChI=1S/C23H28ClN3O6S/c1-22(14-28,15-29)34(32,33)23(8-9-23)13-26-10-11-27-18(6-7-19(27)21(26)31)20(30)25-12-16-2-4-17(24)5-3-16/h2-7,28-29H,8-15H2,1H3,(H,25,30). The summed E-state index contributed by atoms with van der Waals surface area (Å²) in [7, 11) is -3.91. The first-order valence-electron chi connectivity index (χ1n) is 11.0. The van der Waals surface area contributed by atoms with E-state index in [-0.39, 0.29) is 24.9 Å². The van der Waals surface area contributed by atoms with Gasteiger partial charge in [-0.3, -0.25) is 9.59 Å². The summed E-state index contributed by atoms with van der Waals surface area (Å²) in [4.78, 5) is 27.4. The molecule has 11 heteroatoms. The number of carbonyl (C=O) groups excluding carboxylic acids is 2. The van der Waals surface area contributed by atoms with Gasteiger partial charge in [0.15, 0.2) is 9.84 Å². The Balaban J connectivity index is 1.47. The second-order valence-electron chi connectivity index (χ2n) is 9.24. The largest absolute Gasteiger partial charge is 0.395 e. The fourth-order valence-electron chi connectivity index (χ4n) is 4.35. The van der Waals surface area contributed by atoms with E-state index in [4.69, 9.17) is 11.6 Å². The van der Waals surface area contributed by atoms with Gasteiger partial charge in [-0.25, -0.2) is 8.42 Å². The number of amides is 2. The van der Waals surface area contributed by atoms with Crippen LogP contribution < -0.4 is 5.32 Å². The van der Waals surface area contributed by atoms with Crippen molar-refractivity contribution in [3.8, 4) is 0 Å². The molecule has 0 bridgehead atoms. The van der Waals surface area contributed by atoms with Crippen molar-refractivity contribution in [1.82, 2.24) is 14.8 Å². The van der Waals surface area contributed by atoms with Crippen LogP contribution in [0.1, 0.15) is 46.3 Å². The summed E-state index contributed by atoms with van der Waals surface area (Å²) in [5.41, 5.74) is 1.57. The van der Waals surface area contributed by atoms with Crippen molar-refractivity contribution in [2.45, 2.75) is 42.3 Å². The number of halogens is 1. The van der Waals surface area contributed by atoms with Crippen molar-refractivity contribution in [2.75, 3.05) is 26.3 Å². The summed E-state index contributed by atoms with van der Waals surface area (Å²) in [6, 6.07) is 10.3. The van der Waals surface area contributed by atoms with Crippen LogP contribution in [0.5, 0.6) is 0 Å². The zero-order valence-corrected chi connectivity index (χ0v) is 20.4. The number of rotatable bonds is 9. The van der Waals surface area contributed by atoms with Gasteiger partial charge in [0.25, 0.3) is 11.8 Å². The van der Waals surface area contributed by atoms with Crippen molar-refractivity contribution >= 4 is 33.3 Å². The molecule has 0 atom stereocenters. The van der Waals surface area contributed by atoms with E-state index in [0.717, 1.165) is 5.56 Å². The molecular formula is C23H28ClN3O6S. The van der Waals surface area contributed by atoms with E-state index < -0.39 is 32.5 Å². The lowest BCUT2D eigenvalue weighted by Gasteiger charge is -2.35. The van der Waals surface area contributed by atoms with Crippen LogP contribution in [-0.2, 0) is 22.9 Å². The number of aliphatic hydroxyl groups is 2. The first-order valence-corrected chi connectivity index (χ1v) is 12.9. The maximum Gasteiger partial charge on any atom is 0.270 e. The Morgan fingerprint density at radius 3 is 2.35 bits per heavy atom. The molecule has 34 heavy (non-hydrogen) atoms. The van der Waals surface area contributed by atoms with Gasteiger partial charge in [0.1, 0.15) is 16.1 Å². The van der Waals surface area contributed by atoms with Crippen molar-refractivity contribution in [3.63, 3.8) is 0 Å². The van der Waals surface area contributed by atoms with Crippen molar-refractivity contribution in [2.24, 2.45) is 0 Å². The molecule has 184 valence electrons. The van der Waals surface area contributed by atoms with Crippen LogP contribution >= 0.6 is 11.6 Å². The minimum atomic E-state index is -3.91. The quantitative estimate of drug-likeness (QED) is 0.466. The van der Waals surface area contributed by atoms with Crippen molar-refractivity contribution in [1.29, 1.82) is 0 Å². The highest BCUT2D eigenvalue weighted by molar-refractivity contribution is 7.94. The van der Waals surface area contributed by atoms with Crippen LogP contribution in [-0.4, -0.2) is 75.7 Å². The fraction of sp³-hybridized carbons (Fsp3) is 0.478. The zero-order valence-electron chi connectivity index (χ0n) is 18.8. The fourth-order valence-corrected chi connectivity index (χ4v) is 6.82. The number of sulfone groups is 1. The van der Waals surface area contributed by atoms with E-state index in [0.29, 0.717) is 42.3 Å². The summed E-state index contributed by atoms with van der Waals surface area (Å²) < 4.78 is 25.2. The number of aromatic nitrogens is 1. The molecule has 9 nitrogen and oxygen atoms in total. The van der Waals surface area contributed by atoms with Gasteiger partial charge in [-0.05, 0) is 49.6 Å². The van der Waals surface area contributed by atoms with Crippen LogP contribution in [0.3, 0.4) is 0 Å². The normalized spacial score (nSPS) is 17.4. The summed E-state index contributed by atoms with van der Waals surface area (Å²) >= 11 is 5.88. The third-order valence-corrected chi connectivity index (χ3v) is 10.3. The molecule has 0 unspecified atom stereocenters. The molecule has 1 aliphatic heterocycles. The minimum Gasteiger partial charge on any atom is -0.395 e. The molecule has 3 N–H and O–H groups in total. The zero-order chi connectivity index (χ0) is 24.7. The molecule has 0 radical (unpaired) electrons. The number of carbonyl (C=O) groups is 2. The highest BCUT2D eigenvalue weighted by atomic mass is 35.5. The molecule has 2 heterocycles. The SMILES string of the molecule is CC(CO)(CO)S(=O)(=O)C1(CN2CCn3c(C(=O)NCc4ccc(Cl)cc4)ccc3C2=O)CC1. The Labute approximate surface area is 203 Å².